The van der Waals surface area contributed by atoms with Crippen LogP contribution in [0.3, 0.4) is 0 Å². The Balaban J connectivity index is 1.48. The van der Waals surface area contributed by atoms with Crippen LogP contribution in [0.2, 0.25) is 0 Å². The number of carbonyl (C=O) groups excluding carboxylic acids is 1. The van der Waals surface area contributed by atoms with Gasteiger partial charge in [-0.2, -0.15) is 0 Å². The number of amides is 1. The smallest absolute Gasteiger partial charge is 0.226 e. The van der Waals surface area contributed by atoms with Gasteiger partial charge in [0, 0.05) is 37.9 Å². The highest BCUT2D eigenvalue weighted by Gasteiger charge is 2.40. The molecule has 0 aromatic heterocycles. The van der Waals surface area contributed by atoms with Gasteiger partial charge >= 0.3 is 0 Å². The van der Waals surface area contributed by atoms with Crippen molar-refractivity contribution in [1.82, 2.24) is 10.2 Å². The van der Waals surface area contributed by atoms with E-state index in [0.29, 0.717) is 56.4 Å². The number of nitrogens with one attached hydrogen (secondary N) is 1. The lowest BCUT2D eigenvalue weighted by Gasteiger charge is -2.37. The zero-order valence-corrected chi connectivity index (χ0v) is 20.4. The summed E-state index contributed by atoms with van der Waals surface area (Å²) >= 11 is 0. The SMILES string of the molecule is COc1ccc(F)cc1-c1cccc(CC2(C(=O)NCCN3CCCC[C@@H]3C)CCOCC2)c1. The molecule has 2 aliphatic rings. The molecule has 6 heteroatoms. The fourth-order valence-corrected chi connectivity index (χ4v) is 5.38. The molecule has 0 bridgehead atoms. The number of benzene rings is 2. The van der Waals surface area contributed by atoms with Gasteiger partial charge in [0.2, 0.25) is 5.91 Å². The molecule has 0 saturated carbocycles. The van der Waals surface area contributed by atoms with Gasteiger partial charge < -0.3 is 14.8 Å². The average Bonchev–Trinajstić information content (AvgIpc) is 2.86. The Bertz CT molecular complexity index is 974. The predicted molar refractivity (Wildman–Crippen MR) is 132 cm³/mol. The molecule has 2 fully saturated rings. The monoisotopic (exact) mass is 468 g/mol. The second-order valence-corrected chi connectivity index (χ2v) is 9.75. The minimum Gasteiger partial charge on any atom is -0.496 e. The zero-order valence-electron chi connectivity index (χ0n) is 20.4. The normalized spacial score (nSPS) is 20.6. The molecule has 1 atom stereocenters. The Kier molecular flexibility index (Phi) is 8.22. The lowest BCUT2D eigenvalue weighted by molar-refractivity contribution is -0.136. The third kappa shape index (κ3) is 5.78. The summed E-state index contributed by atoms with van der Waals surface area (Å²) < 4.78 is 25.0. The highest BCUT2D eigenvalue weighted by Crippen LogP contribution is 2.37. The van der Waals surface area contributed by atoms with Crippen molar-refractivity contribution in [3.05, 3.63) is 53.8 Å². The zero-order chi connectivity index (χ0) is 24.0. The van der Waals surface area contributed by atoms with E-state index in [2.05, 4.69) is 29.3 Å². The maximum atomic E-state index is 14.0. The molecule has 0 spiro atoms. The number of ether oxygens (including phenoxy) is 2. The molecule has 2 heterocycles. The van der Waals surface area contributed by atoms with Crippen LogP contribution in [-0.2, 0) is 16.0 Å². The van der Waals surface area contributed by atoms with Gasteiger partial charge in [0.25, 0.3) is 0 Å². The quantitative estimate of drug-likeness (QED) is 0.603. The molecule has 0 aliphatic carbocycles. The van der Waals surface area contributed by atoms with Crippen molar-refractivity contribution in [2.24, 2.45) is 5.41 Å². The second kappa shape index (κ2) is 11.3. The summed E-state index contributed by atoms with van der Waals surface area (Å²) in [7, 11) is 1.59. The summed E-state index contributed by atoms with van der Waals surface area (Å²) in [6.45, 7) is 6.15. The molecule has 184 valence electrons. The first kappa shape index (κ1) is 24.7. The highest BCUT2D eigenvalue weighted by molar-refractivity contribution is 5.83. The van der Waals surface area contributed by atoms with Crippen LogP contribution in [0.25, 0.3) is 11.1 Å². The second-order valence-electron chi connectivity index (χ2n) is 9.75. The minimum atomic E-state index is -0.490. The summed E-state index contributed by atoms with van der Waals surface area (Å²) in [5.41, 5.74) is 2.17. The summed E-state index contributed by atoms with van der Waals surface area (Å²) in [5, 5.41) is 3.25. The predicted octanol–water partition coefficient (Wildman–Crippen LogP) is 4.83. The van der Waals surface area contributed by atoms with Crippen molar-refractivity contribution < 1.29 is 18.7 Å². The Hall–Kier alpha value is -2.44. The minimum absolute atomic E-state index is 0.120. The van der Waals surface area contributed by atoms with Crippen LogP contribution in [0.15, 0.2) is 42.5 Å². The van der Waals surface area contributed by atoms with E-state index in [9.17, 15) is 9.18 Å². The van der Waals surface area contributed by atoms with Crippen LogP contribution in [0.5, 0.6) is 5.75 Å². The number of carbonyl (C=O) groups is 1. The van der Waals surface area contributed by atoms with E-state index in [1.54, 1.807) is 13.2 Å². The Morgan fingerprint density at radius 1 is 1.21 bits per heavy atom. The van der Waals surface area contributed by atoms with Crippen molar-refractivity contribution in [3.8, 4) is 16.9 Å². The molecule has 1 amide bonds. The van der Waals surface area contributed by atoms with E-state index in [-0.39, 0.29) is 11.7 Å². The molecule has 0 unspecified atom stereocenters. The first-order valence-electron chi connectivity index (χ1n) is 12.5. The van der Waals surface area contributed by atoms with Gasteiger partial charge in [-0.05, 0) is 74.9 Å². The molecule has 5 nitrogen and oxygen atoms in total. The van der Waals surface area contributed by atoms with E-state index in [0.717, 1.165) is 24.2 Å². The van der Waals surface area contributed by atoms with E-state index in [1.165, 1.54) is 31.4 Å². The largest absolute Gasteiger partial charge is 0.496 e. The van der Waals surface area contributed by atoms with Crippen LogP contribution < -0.4 is 10.1 Å². The Morgan fingerprint density at radius 3 is 2.79 bits per heavy atom. The maximum absolute atomic E-state index is 14.0. The van der Waals surface area contributed by atoms with Gasteiger partial charge in [-0.1, -0.05) is 30.7 Å². The van der Waals surface area contributed by atoms with Crippen LogP contribution in [0.4, 0.5) is 4.39 Å². The fourth-order valence-electron chi connectivity index (χ4n) is 5.38. The average molecular weight is 469 g/mol. The van der Waals surface area contributed by atoms with Gasteiger partial charge in [0.05, 0.1) is 12.5 Å². The van der Waals surface area contributed by atoms with E-state index in [4.69, 9.17) is 9.47 Å². The number of rotatable bonds is 8. The third-order valence-corrected chi connectivity index (χ3v) is 7.50. The molecule has 2 saturated heterocycles. The van der Waals surface area contributed by atoms with Gasteiger partial charge in [0.15, 0.2) is 0 Å². The summed E-state index contributed by atoms with van der Waals surface area (Å²) in [5.74, 6) is 0.447. The third-order valence-electron chi connectivity index (χ3n) is 7.50. The maximum Gasteiger partial charge on any atom is 0.226 e. The van der Waals surface area contributed by atoms with Crippen LogP contribution >= 0.6 is 0 Å². The van der Waals surface area contributed by atoms with Crippen molar-refractivity contribution in [1.29, 1.82) is 0 Å². The van der Waals surface area contributed by atoms with Gasteiger partial charge in [-0.15, -0.1) is 0 Å². The number of hydrogen-bond donors (Lipinski definition) is 1. The molecule has 2 aliphatic heterocycles. The van der Waals surface area contributed by atoms with Crippen LogP contribution in [-0.4, -0.2) is 56.8 Å². The molecule has 1 N–H and O–H groups in total. The standard InChI is InChI=1S/C28H37FN2O3/c1-21-6-3-4-14-31(21)15-13-30-27(32)28(11-16-34-17-12-28)20-22-7-5-8-23(18-22)25-19-24(29)9-10-26(25)33-2/h5,7-10,18-19,21H,3-4,6,11-17,20H2,1-2H3,(H,30,32)/t21-/m0/s1. The van der Waals surface area contributed by atoms with Crippen molar-refractivity contribution in [3.63, 3.8) is 0 Å². The topological polar surface area (TPSA) is 50.8 Å². The molecule has 2 aromatic carbocycles. The highest BCUT2D eigenvalue weighted by atomic mass is 19.1. The number of likely N-dealkylation sites (tertiary alicyclic amines) is 1. The summed E-state index contributed by atoms with van der Waals surface area (Å²) in [4.78, 5) is 16.0. The molecule has 34 heavy (non-hydrogen) atoms. The van der Waals surface area contributed by atoms with Crippen molar-refractivity contribution >= 4 is 5.91 Å². The molecule has 0 radical (unpaired) electrons. The first-order valence-corrected chi connectivity index (χ1v) is 12.5. The van der Waals surface area contributed by atoms with E-state index in [1.807, 2.05) is 12.1 Å². The lowest BCUT2D eigenvalue weighted by atomic mass is 9.74. The molecule has 2 aromatic rings. The van der Waals surface area contributed by atoms with E-state index < -0.39 is 5.41 Å². The van der Waals surface area contributed by atoms with Crippen LogP contribution in [0.1, 0.15) is 44.6 Å². The number of methoxy groups -OCH3 is 1. The molecular formula is C28H37FN2O3. The Morgan fingerprint density at radius 2 is 2.03 bits per heavy atom. The Labute approximate surface area is 202 Å². The summed E-state index contributed by atoms with van der Waals surface area (Å²) in [6.07, 6.45) is 5.81. The molecular weight excluding hydrogens is 431 g/mol. The van der Waals surface area contributed by atoms with Crippen molar-refractivity contribution in [2.45, 2.75) is 51.5 Å². The van der Waals surface area contributed by atoms with Gasteiger partial charge in [-0.3, -0.25) is 9.69 Å². The fraction of sp³-hybridized carbons (Fsp3) is 0.536. The van der Waals surface area contributed by atoms with Gasteiger partial charge in [-0.25, -0.2) is 4.39 Å². The van der Waals surface area contributed by atoms with Crippen molar-refractivity contribution in [2.75, 3.05) is 40.0 Å². The molecule has 4 rings (SSSR count). The van der Waals surface area contributed by atoms with Crippen LogP contribution in [0, 0.1) is 11.2 Å². The summed E-state index contributed by atoms with van der Waals surface area (Å²) in [6, 6.07) is 13.2. The van der Waals surface area contributed by atoms with E-state index >= 15 is 0 Å². The first-order chi connectivity index (χ1) is 16.5. The number of piperidine rings is 1. The number of halogens is 1. The van der Waals surface area contributed by atoms with Gasteiger partial charge in [0.1, 0.15) is 11.6 Å². The number of nitrogens with zero attached hydrogens (tertiary/aromatic N) is 1. The lowest BCUT2D eigenvalue weighted by Crippen LogP contribution is -2.49. The number of hydrogen-bond acceptors (Lipinski definition) is 4.